The summed E-state index contributed by atoms with van der Waals surface area (Å²) in [5.74, 6) is 0. The molecule has 0 unspecified atom stereocenters. The lowest BCUT2D eigenvalue weighted by Gasteiger charge is -2.08. The largest absolute Gasteiger partial charge is 0.455 e. The van der Waals surface area contributed by atoms with E-state index >= 15 is 0 Å². The van der Waals surface area contributed by atoms with Crippen LogP contribution in [0.3, 0.4) is 0 Å². The molecule has 298 valence electrons. The summed E-state index contributed by atoms with van der Waals surface area (Å²) in [6, 6.07) is 78.4. The Morgan fingerprint density at radius 3 is 1.09 bits per heavy atom. The van der Waals surface area contributed by atoms with Gasteiger partial charge < -0.3 is 18.0 Å². The summed E-state index contributed by atoms with van der Waals surface area (Å²) in [5.41, 5.74) is 17.0. The Kier molecular flexibility index (Phi) is 7.36. The zero-order valence-electron chi connectivity index (χ0n) is 34.5. The summed E-state index contributed by atoms with van der Waals surface area (Å²) >= 11 is 0. The molecule has 0 saturated carbocycles. The molecule has 4 nitrogen and oxygen atoms in total. The van der Waals surface area contributed by atoms with Crippen LogP contribution in [0.2, 0.25) is 0 Å². The topological polar surface area (TPSA) is 36.1 Å². The Bertz CT molecular complexity index is 3920. The van der Waals surface area contributed by atoms with Crippen LogP contribution in [-0.2, 0) is 0 Å². The number of nitrogens with zero attached hydrogens (tertiary/aromatic N) is 2. The summed E-state index contributed by atoms with van der Waals surface area (Å²) in [5, 5.41) is 9.19. The maximum absolute atomic E-state index is 6.85. The fourth-order valence-electron chi connectivity index (χ4n) is 10.4. The Hall–Kier alpha value is -8.60. The van der Waals surface area contributed by atoms with Gasteiger partial charge in [-0.15, -0.1) is 0 Å². The molecule has 0 amide bonds. The van der Waals surface area contributed by atoms with Gasteiger partial charge in [0, 0.05) is 54.5 Å². The van der Waals surface area contributed by atoms with Crippen LogP contribution in [0.4, 0.5) is 0 Å². The SMILES string of the molecule is c1ccc(-c2c3oc4ccc(-c5ccc6c(c5)c5ccccc5n6-c5ccccc5)cc4c3cc3c2oc2ccc(-c4ccc5c(c4)c4ccccc4n5-c4ccccc4)cc23)cc1. The number of aromatic nitrogens is 2. The summed E-state index contributed by atoms with van der Waals surface area (Å²) in [6.45, 7) is 0. The Morgan fingerprint density at radius 1 is 0.250 bits per heavy atom. The standard InChI is InChI=1S/C60H36N2O2/c1-4-14-37(15-5-1)58-59-50(48-34-40(26-30-56(48)63-59)38-24-28-54-46(32-38)44-20-10-12-22-52(44)61(54)42-16-6-2-7-17-42)36-51-49-35-41(27-31-57(49)64-60(51)58)39-25-29-55-47(33-39)45-21-11-13-23-53(45)62(55)43-18-8-3-9-19-43/h1-36H. The van der Waals surface area contributed by atoms with Gasteiger partial charge >= 0.3 is 0 Å². The van der Waals surface area contributed by atoms with E-state index in [0.29, 0.717) is 0 Å². The number of fused-ring (bicyclic) bond motifs is 12. The van der Waals surface area contributed by atoms with Crippen LogP contribution in [0.1, 0.15) is 0 Å². The molecule has 4 heterocycles. The first-order valence-corrected chi connectivity index (χ1v) is 21.8. The highest BCUT2D eigenvalue weighted by molar-refractivity contribution is 6.23. The third-order valence-corrected chi connectivity index (χ3v) is 13.3. The zero-order valence-corrected chi connectivity index (χ0v) is 34.5. The number of rotatable bonds is 5. The first-order valence-electron chi connectivity index (χ1n) is 21.8. The molecule has 0 atom stereocenters. The minimum Gasteiger partial charge on any atom is -0.455 e. The van der Waals surface area contributed by atoms with Crippen LogP contribution in [-0.4, -0.2) is 9.13 Å². The van der Waals surface area contributed by atoms with Crippen molar-refractivity contribution >= 4 is 87.5 Å². The second-order valence-corrected chi connectivity index (χ2v) is 16.8. The Morgan fingerprint density at radius 2 is 0.625 bits per heavy atom. The minimum absolute atomic E-state index is 0.826. The van der Waals surface area contributed by atoms with E-state index in [-0.39, 0.29) is 0 Å². The van der Waals surface area contributed by atoms with E-state index in [2.05, 4.69) is 228 Å². The van der Waals surface area contributed by atoms with Crippen molar-refractivity contribution in [3.63, 3.8) is 0 Å². The van der Waals surface area contributed by atoms with Crippen molar-refractivity contribution in [2.45, 2.75) is 0 Å². The Balaban J connectivity index is 0.959. The maximum atomic E-state index is 6.85. The number of benzene rings is 10. The van der Waals surface area contributed by atoms with Gasteiger partial charge in [0.15, 0.2) is 0 Å². The summed E-state index contributed by atoms with van der Waals surface area (Å²) < 4.78 is 18.4. The fraction of sp³-hybridized carbons (Fsp3) is 0. The first kappa shape index (κ1) is 35.0. The van der Waals surface area contributed by atoms with Crippen LogP contribution in [0.25, 0.3) is 132 Å². The quantitative estimate of drug-likeness (QED) is 0.173. The van der Waals surface area contributed by atoms with Crippen molar-refractivity contribution < 1.29 is 8.83 Å². The third kappa shape index (κ3) is 5.11. The molecule has 0 radical (unpaired) electrons. The maximum Gasteiger partial charge on any atom is 0.147 e. The molecule has 4 aromatic heterocycles. The number of furan rings is 2. The van der Waals surface area contributed by atoms with E-state index in [1.165, 1.54) is 43.6 Å². The van der Waals surface area contributed by atoms with E-state index in [1.807, 2.05) is 0 Å². The molecular formula is C60H36N2O2. The molecule has 0 aliphatic rings. The number of hydrogen-bond acceptors (Lipinski definition) is 2. The van der Waals surface area contributed by atoms with Crippen molar-refractivity contribution in [3.8, 4) is 44.8 Å². The molecule has 0 bridgehead atoms. The minimum atomic E-state index is 0.826. The van der Waals surface area contributed by atoms with E-state index in [0.717, 1.165) is 88.6 Å². The normalized spacial score (nSPS) is 12.1. The van der Waals surface area contributed by atoms with Crippen LogP contribution in [0, 0.1) is 0 Å². The third-order valence-electron chi connectivity index (χ3n) is 13.3. The van der Waals surface area contributed by atoms with Crippen LogP contribution in [0.15, 0.2) is 227 Å². The van der Waals surface area contributed by atoms with Crippen molar-refractivity contribution in [1.82, 2.24) is 9.13 Å². The van der Waals surface area contributed by atoms with E-state index in [9.17, 15) is 0 Å². The smallest absolute Gasteiger partial charge is 0.147 e. The lowest BCUT2D eigenvalue weighted by atomic mass is 9.96. The predicted octanol–water partition coefficient (Wildman–Crippen LogP) is 16.7. The lowest BCUT2D eigenvalue weighted by Crippen LogP contribution is -1.92. The fourth-order valence-corrected chi connectivity index (χ4v) is 10.4. The highest BCUT2D eigenvalue weighted by Crippen LogP contribution is 2.46. The average molecular weight is 817 g/mol. The summed E-state index contributed by atoms with van der Waals surface area (Å²) in [6.07, 6.45) is 0. The van der Waals surface area contributed by atoms with Gasteiger partial charge in [-0.3, -0.25) is 0 Å². The molecule has 0 aliphatic carbocycles. The zero-order chi connectivity index (χ0) is 41.9. The van der Waals surface area contributed by atoms with Gasteiger partial charge in [0.2, 0.25) is 0 Å². The van der Waals surface area contributed by atoms with Crippen molar-refractivity contribution in [2.75, 3.05) is 0 Å². The second kappa shape index (κ2) is 13.4. The van der Waals surface area contributed by atoms with Gasteiger partial charge in [-0.05, 0) is 119 Å². The van der Waals surface area contributed by atoms with Gasteiger partial charge in [-0.2, -0.15) is 0 Å². The van der Waals surface area contributed by atoms with Gasteiger partial charge in [0.1, 0.15) is 22.3 Å². The van der Waals surface area contributed by atoms with Crippen molar-refractivity contribution in [3.05, 3.63) is 218 Å². The molecule has 0 saturated heterocycles. The van der Waals surface area contributed by atoms with Gasteiger partial charge in [0.05, 0.1) is 27.6 Å². The molecule has 0 N–H and O–H groups in total. The summed E-state index contributed by atoms with van der Waals surface area (Å²) in [7, 11) is 0. The van der Waals surface area contributed by atoms with Crippen LogP contribution in [0.5, 0.6) is 0 Å². The highest BCUT2D eigenvalue weighted by Gasteiger charge is 2.23. The van der Waals surface area contributed by atoms with Crippen LogP contribution < -0.4 is 0 Å². The molecule has 14 aromatic rings. The number of hydrogen-bond donors (Lipinski definition) is 0. The first-order chi connectivity index (χ1) is 31.7. The molecule has 14 rings (SSSR count). The van der Waals surface area contributed by atoms with E-state index < -0.39 is 0 Å². The molecule has 0 aliphatic heterocycles. The van der Waals surface area contributed by atoms with E-state index in [4.69, 9.17) is 8.83 Å². The molecule has 64 heavy (non-hydrogen) atoms. The van der Waals surface area contributed by atoms with E-state index in [1.54, 1.807) is 0 Å². The lowest BCUT2D eigenvalue weighted by molar-refractivity contribution is 0.658. The summed E-state index contributed by atoms with van der Waals surface area (Å²) in [4.78, 5) is 0. The molecule has 0 spiro atoms. The van der Waals surface area contributed by atoms with Crippen molar-refractivity contribution in [1.29, 1.82) is 0 Å². The van der Waals surface area contributed by atoms with Crippen LogP contribution >= 0.6 is 0 Å². The Labute approximate surface area is 367 Å². The number of para-hydroxylation sites is 4. The molecule has 4 heteroatoms. The predicted molar refractivity (Wildman–Crippen MR) is 266 cm³/mol. The highest BCUT2D eigenvalue weighted by atomic mass is 16.3. The molecular weight excluding hydrogens is 781 g/mol. The second-order valence-electron chi connectivity index (χ2n) is 16.8. The van der Waals surface area contributed by atoms with Gasteiger partial charge in [-0.25, -0.2) is 0 Å². The van der Waals surface area contributed by atoms with Gasteiger partial charge in [-0.1, -0.05) is 127 Å². The monoisotopic (exact) mass is 816 g/mol. The molecule has 0 fully saturated rings. The van der Waals surface area contributed by atoms with Gasteiger partial charge in [0.25, 0.3) is 0 Å². The van der Waals surface area contributed by atoms with Crippen molar-refractivity contribution in [2.24, 2.45) is 0 Å². The average Bonchev–Trinajstić information content (AvgIpc) is 4.11. The molecule has 10 aromatic carbocycles.